The van der Waals surface area contributed by atoms with E-state index in [1.54, 1.807) is 0 Å². The van der Waals surface area contributed by atoms with Crippen molar-refractivity contribution in [2.24, 2.45) is 0 Å². The van der Waals surface area contributed by atoms with Gasteiger partial charge in [-0.15, -0.1) is 0 Å². The van der Waals surface area contributed by atoms with Gasteiger partial charge in [-0.3, -0.25) is 0 Å². The molecule has 0 radical (unpaired) electrons. The molecule has 0 unspecified atom stereocenters. The Balaban J connectivity index is 1.18. The fraction of sp³-hybridized carbons (Fsp3) is 0. The van der Waals surface area contributed by atoms with E-state index in [4.69, 9.17) is 13.8 Å². The zero-order valence-electron chi connectivity index (χ0n) is 27.4. The number of nitrogens with zero attached hydrogens (tertiary/aromatic N) is 2. The predicted molar refractivity (Wildman–Crippen MR) is 209 cm³/mol. The minimum atomic E-state index is 0.769. The molecule has 4 heterocycles. The van der Waals surface area contributed by atoms with Crippen molar-refractivity contribution in [3.05, 3.63) is 170 Å². The zero-order valence-corrected chi connectivity index (χ0v) is 27.4. The van der Waals surface area contributed by atoms with Crippen molar-refractivity contribution in [2.75, 3.05) is 0 Å². The Labute approximate surface area is 292 Å². The normalized spacial score (nSPS) is 11.9. The number of aromatic nitrogens is 2. The Morgan fingerprint density at radius 3 is 1.57 bits per heavy atom. The van der Waals surface area contributed by atoms with Gasteiger partial charge >= 0.3 is 0 Å². The lowest BCUT2D eigenvalue weighted by Gasteiger charge is -2.12. The molecule has 0 amide bonds. The molecule has 0 aliphatic carbocycles. The number of pyridine rings is 1. The van der Waals surface area contributed by atoms with E-state index >= 15 is 0 Å². The van der Waals surface area contributed by atoms with Crippen LogP contribution in [0.1, 0.15) is 0 Å². The fourth-order valence-electron chi connectivity index (χ4n) is 7.91. The molecule has 0 aliphatic rings. The average Bonchev–Trinajstić information content (AvgIpc) is 3.88. The van der Waals surface area contributed by atoms with E-state index in [2.05, 4.69) is 144 Å². The molecule has 0 atom stereocenters. The van der Waals surface area contributed by atoms with E-state index in [9.17, 15) is 0 Å². The Morgan fingerprint density at radius 2 is 0.902 bits per heavy atom. The molecule has 0 saturated heterocycles. The summed E-state index contributed by atoms with van der Waals surface area (Å²) in [6.07, 6.45) is 0. The van der Waals surface area contributed by atoms with Crippen LogP contribution in [0, 0.1) is 0 Å². The number of rotatable bonds is 4. The van der Waals surface area contributed by atoms with Crippen molar-refractivity contribution in [3.63, 3.8) is 0 Å². The number of furan rings is 2. The van der Waals surface area contributed by atoms with Gasteiger partial charge in [-0.2, -0.15) is 0 Å². The number of fused-ring (bicyclic) bond motifs is 12. The van der Waals surface area contributed by atoms with E-state index in [1.807, 2.05) is 30.3 Å². The lowest BCUT2D eigenvalue weighted by atomic mass is 10.00. The third-order valence-electron chi connectivity index (χ3n) is 10.2. The first-order valence-electron chi connectivity index (χ1n) is 17.2. The molecule has 0 N–H and O–H groups in total. The topological polar surface area (TPSA) is 44.1 Å². The van der Waals surface area contributed by atoms with Crippen LogP contribution in [0.15, 0.2) is 179 Å². The molecular weight excluding hydrogens is 625 g/mol. The second-order valence-electron chi connectivity index (χ2n) is 13.1. The van der Waals surface area contributed by atoms with E-state index in [-0.39, 0.29) is 0 Å². The first-order chi connectivity index (χ1) is 25.3. The van der Waals surface area contributed by atoms with E-state index in [1.165, 1.54) is 10.8 Å². The molecule has 51 heavy (non-hydrogen) atoms. The average molecular weight is 653 g/mol. The molecule has 0 fully saturated rings. The van der Waals surface area contributed by atoms with Crippen LogP contribution in [-0.4, -0.2) is 9.55 Å². The maximum absolute atomic E-state index is 6.65. The highest BCUT2D eigenvalue weighted by Crippen LogP contribution is 2.48. The van der Waals surface area contributed by atoms with Crippen LogP contribution in [-0.2, 0) is 0 Å². The molecule has 11 rings (SSSR count). The molecule has 4 nitrogen and oxygen atoms in total. The van der Waals surface area contributed by atoms with Crippen LogP contribution in [0.3, 0.4) is 0 Å². The van der Waals surface area contributed by atoms with Crippen molar-refractivity contribution in [3.8, 4) is 39.3 Å². The molecule has 7 aromatic carbocycles. The summed E-state index contributed by atoms with van der Waals surface area (Å²) in [6, 6.07) is 59.4. The smallest absolute Gasteiger partial charge is 0.180 e. The van der Waals surface area contributed by atoms with Gasteiger partial charge in [0.05, 0.1) is 27.8 Å². The summed E-state index contributed by atoms with van der Waals surface area (Å²) in [5.74, 6) is 0. The second kappa shape index (κ2) is 10.8. The quantitative estimate of drug-likeness (QED) is 0.190. The van der Waals surface area contributed by atoms with Gasteiger partial charge in [0, 0.05) is 43.7 Å². The molecule has 238 valence electrons. The van der Waals surface area contributed by atoms with E-state index < -0.39 is 0 Å². The SMILES string of the molecule is c1ccc(-c2cc(-c3ccccc3)nc(-c3ccc(-n4c5ccccc5c5c6c7ccccc7oc6c6oc7ccccc7c6c54)cc3)c2)cc1. The summed E-state index contributed by atoms with van der Waals surface area (Å²) < 4.78 is 15.6. The minimum Gasteiger partial charge on any atom is -0.452 e. The maximum atomic E-state index is 6.65. The maximum Gasteiger partial charge on any atom is 0.180 e. The van der Waals surface area contributed by atoms with Gasteiger partial charge in [0.2, 0.25) is 0 Å². The lowest BCUT2D eigenvalue weighted by Crippen LogP contribution is -1.95. The van der Waals surface area contributed by atoms with Crippen molar-refractivity contribution >= 4 is 65.7 Å². The van der Waals surface area contributed by atoms with Gasteiger partial charge in [0.1, 0.15) is 11.2 Å². The Hall–Kier alpha value is -6.91. The molecule has 0 saturated carbocycles. The molecule has 0 bridgehead atoms. The van der Waals surface area contributed by atoms with E-state index in [0.717, 1.165) is 94.2 Å². The van der Waals surface area contributed by atoms with Crippen molar-refractivity contribution in [1.82, 2.24) is 9.55 Å². The summed E-state index contributed by atoms with van der Waals surface area (Å²) in [5.41, 5.74) is 12.9. The van der Waals surface area contributed by atoms with Crippen LogP contribution < -0.4 is 0 Å². The number of hydrogen-bond acceptors (Lipinski definition) is 3. The van der Waals surface area contributed by atoms with Gasteiger partial charge < -0.3 is 13.4 Å². The minimum absolute atomic E-state index is 0.769. The summed E-state index contributed by atoms with van der Waals surface area (Å²) in [6.45, 7) is 0. The fourth-order valence-corrected chi connectivity index (χ4v) is 7.91. The monoisotopic (exact) mass is 652 g/mol. The van der Waals surface area contributed by atoms with Gasteiger partial charge in [-0.25, -0.2) is 4.98 Å². The molecule has 4 aromatic heterocycles. The first kappa shape index (κ1) is 28.0. The molecule has 4 heteroatoms. The molecule has 11 aromatic rings. The number of benzene rings is 7. The van der Waals surface area contributed by atoms with Gasteiger partial charge in [0.15, 0.2) is 11.2 Å². The van der Waals surface area contributed by atoms with Crippen molar-refractivity contribution < 1.29 is 8.83 Å². The summed E-state index contributed by atoms with van der Waals surface area (Å²) in [4.78, 5) is 5.19. The molecular formula is C47H28N2O2. The number of para-hydroxylation sites is 3. The third kappa shape index (κ3) is 4.17. The predicted octanol–water partition coefficient (Wildman–Crippen LogP) is 13.0. The zero-order chi connectivity index (χ0) is 33.5. The van der Waals surface area contributed by atoms with Gasteiger partial charge in [-0.1, -0.05) is 127 Å². The van der Waals surface area contributed by atoms with Crippen molar-refractivity contribution in [1.29, 1.82) is 0 Å². The van der Waals surface area contributed by atoms with Crippen LogP contribution in [0.5, 0.6) is 0 Å². The highest BCUT2D eigenvalue weighted by Gasteiger charge is 2.26. The summed E-state index contributed by atoms with van der Waals surface area (Å²) >= 11 is 0. The Bertz CT molecular complexity index is 3060. The van der Waals surface area contributed by atoms with Crippen LogP contribution in [0.4, 0.5) is 0 Å². The Morgan fingerprint density at radius 1 is 0.392 bits per heavy atom. The van der Waals surface area contributed by atoms with Gasteiger partial charge in [-0.05, 0) is 53.6 Å². The van der Waals surface area contributed by atoms with E-state index in [0.29, 0.717) is 0 Å². The lowest BCUT2D eigenvalue weighted by molar-refractivity contribution is 0.633. The molecule has 0 aliphatic heterocycles. The number of hydrogen-bond donors (Lipinski definition) is 0. The summed E-state index contributed by atoms with van der Waals surface area (Å²) in [7, 11) is 0. The second-order valence-corrected chi connectivity index (χ2v) is 13.1. The third-order valence-corrected chi connectivity index (χ3v) is 10.2. The highest BCUT2D eigenvalue weighted by atomic mass is 16.4. The van der Waals surface area contributed by atoms with Gasteiger partial charge in [0.25, 0.3) is 0 Å². The Kier molecular flexibility index (Phi) is 5.92. The summed E-state index contributed by atoms with van der Waals surface area (Å²) in [5, 5.41) is 6.61. The largest absolute Gasteiger partial charge is 0.452 e. The van der Waals surface area contributed by atoms with Crippen LogP contribution in [0.2, 0.25) is 0 Å². The van der Waals surface area contributed by atoms with Crippen molar-refractivity contribution in [2.45, 2.75) is 0 Å². The first-order valence-corrected chi connectivity index (χ1v) is 17.2. The standard InChI is InChI=1S/C47H28N2O2/c1-3-13-29(14-4-1)32-27-37(30-15-5-2-6-16-30)48-38(28-32)31-23-25-33(26-24-31)49-39-20-10-7-17-34(39)42-43-35-18-8-11-21-40(35)50-46(43)47-44(45(42)49)36-19-9-12-22-41(36)51-47/h1-28H. The molecule has 0 spiro atoms. The van der Waals surface area contributed by atoms with Crippen LogP contribution >= 0.6 is 0 Å². The van der Waals surface area contributed by atoms with Crippen LogP contribution in [0.25, 0.3) is 105 Å². The highest BCUT2D eigenvalue weighted by molar-refractivity contribution is 6.38.